The summed E-state index contributed by atoms with van der Waals surface area (Å²) < 4.78 is 11.9. The zero-order chi connectivity index (χ0) is 10.4. The summed E-state index contributed by atoms with van der Waals surface area (Å²) in [5.41, 5.74) is -0.520. The maximum Gasteiger partial charge on any atom is 0.309 e. The smallest absolute Gasteiger partial charge is 0.309 e. The van der Waals surface area contributed by atoms with Gasteiger partial charge in [0, 0.05) is 0 Å². The number of aliphatic carboxylic acids is 1. The third-order valence-corrected chi connectivity index (χ3v) is 3.30. The van der Waals surface area contributed by atoms with Crippen LogP contribution in [0.2, 0.25) is 0 Å². The molecule has 1 N–H and O–H groups in total. The molecule has 0 aromatic rings. The van der Waals surface area contributed by atoms with E-state index in [-0.39, 0.29) is 6.67 Å². The maximum atomic E-state index is 11.9. The number of carboxylic acids is 1. The van der Waals surface area contributed by atoms with Crippen molar-refractivity contribution in [2.75, 3.05) is 6.67 Å². The SMILES string of the molecule is O=C(O)C1(CCCCF)CCCCC1. The Morgan fingerprint density at radius 2 is 1.86 bits per heavy atom. The van der Waals surface area contributed by atoms with Crippen LogP contribution in [0.5, 0.6) is 0 Å². The number of carboxylic acid groups (broad SMARTS) is 1. The van der Waals surface area contributed by atoms with E-state index in [0.29, 0.717) is 19.3 Å². The van der Waals surface area contributed by atoms with E-state index in [1.165, 1.54) is 0 Å². The number of rotatable bonds is 5. The zero-order valence-electron chi connectivity index (χ0n) is 8.60. The molecule has 0 radical (unpaired) electrons. The minimum atomic E-state index is -0.670. The second kappa shape index (κ2) is 5.32. The van der Waals surface area contributed by atoms with Gasteiger partial charge in [0.15, 0.2) is 0 Å². The summed E-state index contributed by atoms with van der Waals surface area (Å²) >= 11 is 0. The first-order valence-electron chi connectivity index (χ1n) is 5.51. The summed E-state index contributed by atoms with van der Waals surface area (Å²) in [7, 11) is 0. The second-order valence-electron chi connectivity index (χ2n) is 4.29. The van der Waals surface area contributed by atoms with Crippen molar-refractivity contribution in [2.24, 2.45) is 5.41 Å². The number of hydrogen-bond acceptors (Lipinski definition) is 1. The molecule has 0 saturated heterocycles. The minimum Gasteiger partial charge on any atom is -0.481 e. The molecule has 0 spiro atoms. The van der Waals surface area contributed by atoms with Crippen LogP contribution in [-0.4, -0.2) is 17.8 Å². The van der Waals surface area contributed by atoms with E-state index in [1.54, 1.807) is 0 Å². The van der Waals surface area contributed by atoms with Gasteiger partial charge in [0.1, 0.15) is 0 Å². The third kappa shape index (κ3) is 2.69. The normalized spacial score (nSPS) is 20.6. The number of alkyl halides is 1. The fraction of sp³-hybridized carbons (Fsp3) is 0.909. The fourth-order valence-corrected chi connectivity index (χ4v) is 2.36. The molecule has 14 heavy (non-hydrogen) atoms. The lowest BCUT2D eigenvalue weighted by molar-refractivity contribution is -0.151. The molecule has 1 aliphatic rings. The van der Waals surface area contributed by atoms with Crippen molar-refractivity contribution in [3.05, 3.63) is 0 Å². The Bertz CT molecular complexity index is 186. The molecule has 0 unspecified atom stereocenters. The van der Waals surface area contributed by atoms with Crippen LogP contribution in [0, 0.1) is 5.41 Å². The molecule has 0 bridgehead atoms. The highest BCUT2D eigenvalue weighted by Crippen LogP contribution is 2.40. The highest BCUT2D eigenvalue weighted by molar-refractivity contribution is 5.74. The van der Waals surface area contributed by atoms with Gasteiger partial charge < -0.3 is 5.11 Å². The largest absolute Gasteiger partial charge is 0.481 e. The van der Waals surface area contributed by atoms with Crippen molar-refractivity contribution in [2.45, 2.75) is 51.4 Å². The topological polar surface area (TPSA) is 37.3 Å². The first-order valence-corrected chi connectivity index (χ1v) is 5.51. The van der Waals surface area contributed by atoms with Gasteiger partial charge in [-0.05, 0) is 32.1 Å². The van der Waals surface area contributed by atoms with Gasteiger partial charge in [0.25, 0.3) is 0 Å². The fourth-order valence-electron chi connectivity index (χ4n) is 2.36. The van der Waals surface area contributed by atoms with Gasteiger partial charge in [-0.1, -0.05) is 19.3 Å². The number of hydrogen-bond donors (Lipinski definition) is 1. The monoisotopic (exact) mass is 202 g/mol. The van der Waals surface area contributed by atoms with E-state index in [1.807, 2.05) is 0 Å². The highest BCUT2D eigenvalue weighted by Gasteiger charge is 2.38. The average Bonchev–Trinajstić information content (AvgIpc) is 2.19. The van der Waals surface area contributed by atoms with Gasteiger partial charge in [0.2, 0.25) is 0 Å². The summed E-state index contributed by atoms with van der Waals surface area (Å²) in [4.78, 5) is 11.2. The Kier molecular flexibility index (Phi) is 4.36. The van der Waals surface area contributed by atoms with E-state index >= 15 is 0 Å². The predicted molar refractivity (Wildman–Crippen MR) is 53.0 cm³/mol. The first-order chi connectivity index (χ1) is 6.71. The second-order valence-corrected chi connectivity index (χ2v) is 4.29. The molecule has 0 heterocycles. The molecule has 0 amide bonds. The Morgan fingerprint density at radius 3 is 2.36 bits per heavy atom. The van der Waals surface area contributed by atoms with Crippen LogP contribution in [0.25, 0.3) is 0 Å². The summed E-state index contributed by atoms with van der Waals surface area (Å²) in [6.45, 7) is -0.324. The molecule has 3 heteroatoms. The van der Waals surface area contributed by atoms with E-state index in [0.717, 1.165) is 32.1 Å². The molecule has 1 rings (SSSR count). The average molecular weight is 202 g/mol. The zero-order valence-corrected chi connectivity index (χ0v) is 8.60. The number of carbonyl (C=O) groups is 1. The van der Waals surface area contributed by atoms with Gasteiger partial charge in [0.05, 0.1) is 12.1 Å². The van der Waals surface area contributed by atoms with Crippen LogP contribution >= 0.6 is 0 Å². The van der Waals surface area contributed by atoms with Crippen molar-refractivity contribution in [3.8, 4) is 0 Å². The molecule has 1 aliphatic carbocycles. The van der Waals surface area contributed by atoms with E-state index in [2.05, 4.69) is 0 Å². The lowest BCUT2D eigenvalue weighted by Crippen LogP contribution is -2.33. The minimum absolute atomic E-state index is 0.324. The first kappa shape index (κ1) is 11.5. The van der Waals surface area contributed by atoms with E-state index in [4.69, 9.17) is 0 Å². The number of halogens is 1. The van der Waals surface area contributed by atoms with Gasteiger partial charge in [-0.15, -0.1) is 0 Å². The summed E-state index contributed by atoms with van der Waals surface area (Å²) in [5.74, 6) is -0.670. The van der Waals surface area contributed by atoms with Crippen molar-refractivity contribution in [1.29, 1.82) is 0 Å². The Hall–Kier alpha value is -0.600. The molecule has 0 atom stereocenters. The molecule has 1 saturated carbocycles. The lowest BCUT2D eigenvalue weighted by atomic mass is 9.71. The molecule has 82 valence electrons. The highest BCUT2D eigenvalue weighted by atomic mass is 19.1. The van der Waals surface area contributed by atoms with E-state index < -0.39 is 11.4 Å². The van der Waals surface area contributed by atoms with Gasteiger partial charge in [-0.2, -0.15) is 0 Å². The van der Waals surface area contributed by atoms with Gasteiger partial charge in [-0.3, -0.25) is 9.18 Å². The Labute approximate surface area is 84.5 Å². The van der Waals surface area contributed by atoms with Crippen LogP contribution in [-0.2, 0) is 4.79 Å². The summed E-state index contributed by atoms with van der Waals surface area (Å²) in [6.07, 6.45) is 6.63. The molecule has 2 nitrogen and oxygen atoms in total. The quantitative estimate of drug-likeness (QED) is 0.695. The van der Waals surface area contributed by atoms with Crippen LogP contribution < -0.4 is 0 Å². The van der Waals surface area contributed by atoms with Crippen LogP contribution in [0.3, 0.4) is 0 Å². The predicted octanol–water partition coefficient (Wildman–Crippen LogP) is 3.16. The number of unbranched alkanes of at least 4 members (excludes halogenated alkanes) is 1. The lowest BCUT2D eigenvalue weighted by Gasteiger charge is -2.33. The Balaban J connectivity index is 2.47. The van der Waals surface area contributed by atoms with Crippen LogP contribution in [0.1, 0.15) is 51.4 Å². The van der Waals surface area contributed by atoms with Crippen molar-refractivity contribution in [3.63, 3.8) is 0 Å². The van der Waals surface area contributed by atoms with Gasteiger partial charge in [-0.25, -0.2) is 0 Å². The molecular weight excluding hydrogens is 183 g/mol. The Morgan fingerprint density at radius 1 is 1.21 bits per heavy atom. The molecule has 0 aromatic carbocycles. The molecule has 0 aliphatic heterocycles. The molecule has 0 aromatic heterocycles. The van der Waals surface area contributed by atoms with Crippen molar-refractivity contribution in [1.82, 2.24) is 0 Å². The molecule has 1 fully saturated rings. The van der Waals surface area contributed by atoms with Crippen LogP contribution in [0.15, 0.2) is 0 Å². The standard InChI is InChI=1S/C11H19FO2/c12-9-5-4-8-11(10(13)14)6-2-1-3-7-11/h1-9H2,(H,13,14). The summed E-state index contributed by atoms with van der Waals surface area (Å²) in [6, 6.07) is 0. The van der Waals surface area contributed by atoms with E-state index in [9.17, 15) is 14.3 Å². The third-order valence-electron chi connectivity index (χ3n) is 3.30. The molecular formula is C11H19FO2. The van der Waals surface area contributed by atoms with Crippen molar-refractivity contribution >= 4 is 5.97 Å². The van der Waals surface area contributed by atoms with Crippen LogP contribution in [0.4, 0.5) is 4.39 Å². The summed E-state index contributed by atoms with van der Waals surface area (Å²) in [5, 5.41) is 9.19. The van der Waals surface area contributed by atoms with Crippen molar-refractivity contribution < 1.29 is 14.3 Å². The van der Waals surface area contributed by atoms with Gasteiger partial charge >= 0.3 is 5.97 Å². The maximum absolute atomic E-state index is 11.9.